The fraction of sp³-hybridized carbons (Fsp3) is 0.545. The van der Waals surface area contributed by atoms with Crippen LogP contribution in [0.15, 0.2) is 29.3 Å². The van der Waals surface area contributed by atoms with Gasteiger partial charge in [-0.15, -0.1) is 11.3 Å². The topological polar surface area (TPSA) is 141 Å². The van der Waals surface area contributed by atoms with E-state index in [-0.39, 0.29) is 5.91 Å². The van der Waals surface area contributed by atoms with Crippen LogP contribution < -0.4 is 15.5 Å². The lowest BCUT2D eigenvalue weighted by atomic mass is 9.72. The molecule has 242 valence electrons. The third-order valence-corrected chi connectivity index (χ3v) is 11.2. The summed E-state index contributed by atoms with van der Waals surface area (Å²) < 4.78 is 11.6. The predicted octanol–water partition coefficient (Wildman–Crippen LogP) is 3.42. The fourth-order valence-corrected chi connectivity index (χ4v) is 8.69. The zero-order valence-electron chi connectivity index (χ0n) is 26.4. The standard InChI is InChI=1S/C33H41N9O3S/c1-3-28(43)42-15-11-40(12-16-42)23-19-25(36-27(20-23)41-13-9-39(10-14-41)22-6-17-44-18-7-22)31-37-32(45-38-31)33(2)8-4-5-26-29(33)24(21-34)30(35)46-26/h3,19-20,22H,1,4-18,35H2,2H3. The molecule has 1 amide bonds. The zero-order chi connectivity index (χ0) is 31.8. The van der Waals surface area contributed by atoms with Gasteiger partial charge in [-0.25, -0.2) is 4.98 Å². The van der Waals surface area contributed by atoms with Crippen LogP contribution in [0, 0.1) is 11.3 Å². The normalized spacial score (nSPS) is 22.8. The SMILES string of the molecule is C=CC(=O)N1CCN(c2cc(-c3noc(C4(C)CCCc5sc(N)c(C#N)c54)n3)nc(N3CCN(C4CCOCC4)CC3)c2)CC1. The van der Waals surface area contributed by atoms with E-state index in [1.54, 1.807) is 0 Å². The molecule has 7 rings (SSSR count). The molecular formula is C33H41N9O3S. The molecule has 0 radical (unpaired) electrons. The van der Waals surface area contributed by atoms with E-state index in [1.807, 2.05) is 11.0 Å². The summed E-state index contributed by atoms with van der Waals surface area (Å²) >= 11 is 1.49. The van der Waals surface area contributed by atoms with Crippen molar-refractivity contribution in [1.29, 1.82) is 5.26 Å². The zero-order valence-corrected chi connectivity index (χ0v) is 27.2. The number of nitrogens with two attached hydrogens (primary N) is 1. The van der Waals surface area contributed by atoms with Gasteiger partial charge in [-0.1, -0.05) is 11.7 Å². The number of nitrogen functional groups attached to an aromatic ring is 1. The second kappa shape index (κ2) is 12.7. The summed E-state index contributed by atoms with van der Waals surface area (Å²) in [4.78, 5) is 32.5. The van der Waals surface area contributed by atoms with Crippen molar-refractivity contribution in [2.75, 3.05) is 81.1 Å². The van der Waals surface area contributed by atoms with E-state index in [0.29, 0.717) is 60.2 Å². The van der Waals surface area contributed by atoms with Crippen LogP contribution in [0.5, 0.6) is 0 Å². The molecule has 3 aliphatic heterocycles. The summed E-state index contributed by atoms with van der Waals surface area (Å²) in [7, 11) is 0. The average Bonchev–Trinajstić information content (AvgIpc) is 3.74. The molecule has 46 heavy (non-hydrogen) atoms. The van der Waals surface area contributed by atoms with Gasteiger partial charge in [-0.05, 0) is 51.2 Å². The number of rotatable bonds is 6. The van der Waals surface area contributed by atoms with Gasteiger partial charge in [0.2, 0.25) is 17.6 Å². The molecule has 3 aromatic rings. The highest BCUT2D eigenvalue weighted by Gasteiger charge is 2.43. The van der Waals surface area contributed by atoms with Crippen LogP contribution >= 0.6 is 11.3 Å². The maximum atomic E-state index is 12.2. The smallest absolute Gasteiger partial charge is 0.246 e. The minimum atomic E-state index is -0.604. The lowest BCUT2D eigenvalue weighted by Crippen LogP contribution is -2.52. The Kier molecular flexibility index (Phi) is 8.44. The number of pyridine rings is 1. The molecule has 0 aromatic carbocycles. The largest absolute Gasteiger partial charge is 0.389 e. The van der Waals surface area contributed by atoms with E-state index < -0.39 is 5.41 Å². The number of hydrogen-bond donors (Lipinski definition) is 1. The molecular weight excluding hydrogens is 602 g/mol. The third kappa shape index (κ3) is 5.63. The summed E-state index contributed by atoms with van der Waals surface area (Å²) in [6.45, 7) is 13.8. The summed E-state index contributed by atoms with van der Waals surface area (Å²) in [5.41, 5.74) is 8.77. The monoisotopic (exact) mass is 643 g/mol. The number of amides is 1. The van der Waals surface area contributed by atoms with E-state index in [0.717, 1.165) is 93.4 Å². The van der Waals surface area contributed by atoms with Crippen LogP contribution in [-0.4, -0.2) is 102 Å². The van der Waals surface area contributed by atoms with E-state index in [2.05, 4.69) is 45.5 Å². The van der Waals surface area contributed by atoms with Crippen LogP contribution in [0.2, 0.25) is 0 Å². The lowest BCUT2D eigenvalue weighted by Gasteiger charge is -2.41. The molecule has 12 nitrogen and oxygen atoms in total. The van der Waals surface area contributed by atoms with Gasteiger partial charge in [0.15, 0.2) is 0 Å². The van der Waals surface area contributed by atoms with Gasteiger partial charge in [-0.3, -0.25) is 9.69 Å². The predicted molar refractivity (Wildman–Crippen MR) is 177 cm³/mol. The minimum Gasteiger partial charge on any atom is -0.389 e. The van der Waals surface area contributed by atoms with Crippen LogP contribution in [-0.2, 0) is 21.4 Å². The number of fused-ring (bicyclic) bond motifs is 1. The Morgan fingerprint density at radius 1 is 1.11 bits per heavy atom. The summed E-state index contributed by atoms with van der Waals surface area (Å²) in [5, 5.41) is 14.9. The first kappa shape index (κ1) is 30.7. The first-order valence-electron chi connectivity index (χ1n) is 16.3. The Morgan fingerprint density at radius 3 is 2.57 bits per heavy atom. The molecule has 3 saturated heterocycles. The first-order chi connectivity index (χ1) is 22.4. The van der Waals surface area contributed by atoms with Gasteiger partial charge < -0.3 is 29.7 Å². The minimum absolute atomic E-state index is 0.0382. The third-order valence-electron chi connectivity index (χ3n) is 10.2. The fourth-order valence-electron chi connectivity index (χ4n) is 7.50. The van der Waals surface area contributed by atoms with Gasteiger partial charge in [-0.2, -0.15) is 10.2 Å². The van der Waals surface area contributed by atoms with Crippen molar-refractivity contribution in [3.05, 3.63) is 46.7 Å². The van der Waals surface area contributed by atoms with Crippen molar-refractivity contribution < 1.29 is 14.1 Å². The molecule has 3 fully saturated rings. The number of thiophene rings is 1. The van der Waals surface area contributed by atoms with Crippen molar-refractivity contribution in [3.63, 3.8) is 0 Å². The van der Waals surface area contributed by atoms with Crippen molar-refractivity contribution in [1.82, 2.24) is 24.9 Å². The maximum Gasteiger partial charge on any atom is 0.246 e. The Balaban J connectivity index is 1.19. The second-order valence-corrected chi connectivity index (χ2v) is 13.9. The number of nitrogens with zero attached hydrogens (tertiary/aromatic N) is 8. The number of carbonyl (C=O) groups is 1. The number of ether oxygens (including phenoxy) is 1. The van der Waals surface area contributed by atoms with Gasteiger partial charge >= 0.3 is 0 Å². The van der Waals surface area contributed by atoms with Crippen LogP contribution in [0.4, 0.5) is 16.5 Å². The molecule has 0 spiro atoms. The first-order valence-corrected chi connectivity index (χ1v) is 17.1. The van der Waals surface area contributed by atoms with E-state index in [4.69, 9.17) is 25.0 Å². The second-order valence-electron chi connectivity index (χ2n) is 12.8. The van der Waals surface area contributed by atoms with Crippen LogP contribution in [0.1, 0.15) is 54.5 Å². The van der Waals surface area contributed by atoms with Crippen LogP contribution in [0.25, 0.3) is 11.5 Å². The molecule has 1 aliphatic carbocycles. The van der Waals surface area contributed by atoms with Crippen molar-refractivity contribution in [2.45, 2.75) is 50.5 Å². The Morgan fingerprint density at radius 2 is 1.85 bits per heavy atom. The van der Waals surface area contributed by atoms with E-state index in [9.17, 15) is 10.1 Å². The summed E-state index contributed by atoms with van der Waals surface area (Å²) in [6.07, 6.45) is 6.19. The number of aryl methyl sites for hydroxylation is 1. The number of hydrogen-bond acceptors (Lipinski definition) is 12. The lowest BCUT2D eigenvalue weighted by molar-refractivity contribution is -0.126. The molecule has 1 atom stereocenters. The Hall–Kier alpha value is -3.99. The van der Waals surface area contributed by atoms with Crippen molar-refractivity contribution in [2.24, 2.45) is 0 Å². The van der Waals surface area contributed by atoms with E-state index in [1.165, 1.54) is 17.4 Å². The highest BCUT2D eigenvalue weighted by Crippen LogP contribution is 2.48. The van der Waals surface area contributed by atoms with Crippen molar-refractivity contribution >= 4 is 33.8 Å². The Bertz CT molecular complexity index is 1640. The number of aromatic nitrogens is 3. The van der Waals surface area contributed by atoms with Gasteiger partial charge in [0.25, 0.3) is 0 Å². The van der Waals surface area contributed by atoms with Crippen LogP contribution in [0.3, 0.4) is 0 Å². The van der Waals surface area contributed by atoms with E-state index >= 15 is 0 Å². The summed E-state index contributed by atoms with van der Waals surface area (Å²) in [6, 6.07) is 7.09. The number of anilines is 3. The van der Waals surface area contributed by atoms with Gasteiger partial charge in [0.1, 0.15) is 22.6 Å². The number of carbonyl (C=O) groups excluding carboxylic acids is 1. The Labute approximate surface area is 273 Å². The molecule has 2 N–H and O–H groups in total. The quantitative estimate of drug-likeness (QED) is 0.395. The molecule has 0 bridgehead atoms. The highest BCUT2D eigenvalue weighted by molar-refractivity contribution is 7.16. The van der Waals surface area contributed by atoms with Gasteiger partial charge in [0, 0.05) is 93.8 Å². The molecule has 13 heteroatoms. The molecule has 3 aromatic heterocycles. The number of nitriles is 1. The summed E-state index contributed by atoms with van der Waals surface area (Å²) in [5.74, 6) is 1.75. The molecule has 6 heterocycles. The highest BCUT2D eigenvalue weighted by atomic mass is 32.1. The number of piperazine rings is 2. The molecule has 4 aliphatic rings. The molecule has 1 unspecified atom stereocenters. The maximum absolute atomic E-state index is 12.2. The van der Waals surface area contributed by atoms with Gasteiger partial charge in [0.05, 0.1) is 11.0 Å². The average molecular weight is 644 g/mol. The van der Waals surface area contributed by atoms with Crippen molar-refractivity contribution in [3.8, 4) is 17.6 Å². The molecule has 0 saturated carbocycles.